The van der Waals surface area contributed by atoms with Crippen LogP contribution in [-0.4, -0.2) is 16.9 Å². The molecule has 0 radical (unpaired) electrons. The van der Waals surface area contributed by atoms with Crippen LogP contribution in [0.4, 0.5) is 5.69 Å². The van der Waals surface area contributed by atoms with Crippen LogP contribution in [0.15, 0.2) is 40.9 Å². The molecule has 1 aliphatic carbocycles. The van der Waals surface area contributed by atoms with Crippen LogP contribution in [0.25, 0.3) is 0 Å². The zero-order valence-corrected chi connectivity index (χ0v) is 20.6. The number of carbonyl (C=O) groups excluding carboxylic acids is 1. The summed E-state index contributed by atoms with van der Waals surface area (Å²) in [4.78, 5) is 13.0. The van der Waals surface area contributed by atoms with Gasteiger partial charge in [-0.1, -0.05) is 41.1 Å². The van der Waals surface area contributed by atoms with Crippen LogP contribution in [0.1, 0.15) is 67.6 Å². The minimum Gasteiger partial charge on any atom is -0.322 e. The summed E-state index contributed by atoms with van der Waals surface area (Å²) < 4.78 is 7.16. The molecule has 5 heteroatoms. The van der Waals surface area contributed by atoms with E-state index >= 15 is 0 Å². The van der Waals surface area contributed by atoms with Crippen LogP contribution in [0.5, 0.6) is 0 Å². The lowest BCUT2D eigenvalue weighted by molar-refractivity contribution is 0.102. The summed E-state index contributed by atoms with van der Waals surface area (Å²) in [5, 5.41) is 3.10. The van der Waals surface area contributed by atoms with Crippen molar-refractivity contribution < 1.29 is 8.98 Å². The molecule has 1 saturated carbocycles. The highest BCUT2D eigenvalue weighted by Gasteiger charge is 2.39. The highest BCUT2D eigenvalue weighted by Crippen LogP contribution is 2.47. The molecule has 3 nitrogen and oxygen atoms in total. The number of nitrogens with one attached hydrogen (secondary N) is 1. The van der Waals surface area contributed by atoms with Crippen molar-refractivity contribution in [3.05, 3.63) is 63.1 Å². The SMILES string of the molecule is Cc1cc(C2(C)CC2)ccc1C(=O)Nc1cccc(Br)c1CO[S+](C)C(C)(C)C. The van der Waals surface area contributed by atoms with E-state index in [1.54, 1.807) is 0 Å². The molecule has 0 saturated heterocycles. The maximum atomic E-state index is 13.0. The monoisotopic (exact) mass is 476 g/mol. The van der Waals surface area contributed by atoms with Gasteiger partial charge in [-0.2, -0.15) is 4.18 Å². The first-order valence-corrected chi connectivity index (χ1v) is 12.4. The van der Waals surface area contributed by atoms with Gasteiger partial charge in [0.2, 0.25) is 0 Å². The molecular weight excluding hydrogens is 446 g/mol. The second-order valence-electron chi connectivity index (χ2n) is 9.14. The number of benzene rings is 2. The number of rotatable bonds is 6. The van der Waals surface area contributed by atoms with E-state index in [9.17, 15) is 4.79 Å². The Balaban J connectivity index is 1.78. The molecule has 1 amide bonds. The predicted molar refractivity (Wildman–Crippen MR) is 128 cm³/mol. The molecule has 1 unspecified atom stereocenters. The molecule has 0 spiro atoms. The smallest absolute Gasteiger partial charge is 0.255 e. The van der Waals surface area contributed by atoms with Gasteiger partial charge >= 0.3 is 0 Å². The average Bonchev–Trinajstić information content (AvgIpc) is 3.38. The van der Waals surface area contributed by atoms with Crippen molar-refractivity contribution in [3.63, 3.8) is 0 Å². The van der Waals surface area contributed by atoms with Crippen molar-refractivity contribution in [1.82, 2.24) is 0 Å². The van der Waals surface area contributed by atoms with Crippen molar-refractivity contribution in [1.29, 1.82) is 0 Å². The largest absolute Gasteiger partial charge is 0.322 e. The summed E-state index contributed by atoms with van der Waals surface area (Å²) in [6.07, 6.45) is 4.57. The third kappa shape index (κ3) is 5.25. The Morgan fingerprint density at radius 3 is 2.52 bits per heavy atom. The Morgan fingerprint density at radius 1 is 1.24 bits per heavy atom. The maximum absolute atomic E-state index is 13.0. The number of aryl methyl sites for hydroxylation is 1. The van der Waals surface area contributed by atoms with Gasteiger partial charge < -0.3 is 5.32 Å². The maximum Gasteiger partial charge on any atom is 0.255 e. The topological polar surface area (TPSA) is 38.3 Å². The van der Waals surface area contributed by atoms with Crippen LogP contribution in [0, 0.1) is 6.92 Å². The lowest BCUT2D eigenvalue weighted by Crippen LogP contribution is -2.29. The third-order valence-corrected chi connectivity index (χ3v) is 8.72. The van der Waals surface area contributed by atoms with Crippen LogP contribution in [-0.2, 0) is 27.4 Å². The van der Waals surface area contributed by atoms with Gasteiger partial charge in [0.15, 0.2) is 4.75 Å². The van der Waals surface area contributed by atoms with Crippen molar-refractivity contribution in [2.45, 2.75) is 64.2 Å². The van der Waals surface area contributed by atoms with Gasteiger partial charge in [0.25, 0.3) is 5.91 Å². The van der Waals surface area contributed by atoms with Gasteiger partial charge in [0, 0.05) is 21.3 Å². The molecule has 0 aliphatic heterocycles. The van der Waals surface area contributed by atoms with Crippen LogP contribution >= 0.6 is 15.9 Å². The summed E-state index contributed by atoms with van der Waals surface area (Å²) in [7, 11) is 0. The molecule has 1 aliphatic rings. The molecule has 1 fully saturated rings. The zero-order valence-electron chi connectivity index (χ0n) is 18.2. The van der Waals surface area contributed by atoms with E-state index in [0.717, 1.165) is 26.9 Å². The van der Waals surface area contributed by atoms with Gasteiger partial charge in [-0.3, -0.25) is 4.79 Å². The first kappa shape index (κ1) is 22.4. The fraction of sp³-hybridized carbons (Fsp3) is 0.458. The molecule has 1 N–H and O–H groups in total. The summed E-state index contributed by atoms with van der Waals surface area (Å²) >= 11 is 3.42. The molecule has 3 rings (SSSR count). The summed E-state index contributed by atoms with van der Waals surface area (Å²) in [6.45, 7) is 11.3. The molecule has 156 valence electrons. The van der Waals surface area contributed by atoms with Crippen molar-refractivity contribution in [3.8, 4) is 0 Å². The second kappa shape index (κ2) is 8.44. The van der Waals surface area contributed by atoms with E-state index in [1.807, 2.05) is 31.2 Å². The predicted octanol–water partition coefficient (Wildman–Crippen LogP) is 6.54. The average molecular weight is 477 g/mol. The fourth-order valence-electron chi connectivity index (χ4n) is 3.11. The summed E-state index contributed by atoms with van der Waals surface area (Å²) in [5.41, 5.74) is 5.12. The first-order valence-electron chi connectivity index (χ1n) is 10.0. The molecule has 0 aromatic heterocycles. The highest BCUT2D eigenvalue weighted by atomic mass is 79.9. The first-order chi connectivity index (χ1) is 13.5. The van der Waals surface area contributed by atoms with E-state index in [1.165, 1.54) is 18.4 Å². The minimum absolute atomic E-state index is 0.0827. The Labute approximate surface area is 186 Å². The van der Waals surface area contributed by atoms with Crippen molar-refractivity contribution >= 4 is 38.7 Å². The molecule has 29 heavy (non-hydrogen) atoms. The van der Waals surface area contributed by atoms with Gasteiger partial charge in [-0.05, 0) is 75.3 Å². The van der Waals surface area contributed by atoms with Gasteiger partial charge in [0.05, 0.1) is 0 Å². The molecule has 2 aromatic carbocycles. The van der Waals surface area contributed by atoms with Gasteiger partial charge in [-0.15, -0.1) is 0 Å². The molecule has 1 atom stereocenters. The van der Waals surface area contributed by atoms with E-state index in [2.05, 4.69) is 67.3 Å². The van der Waals surface area contributed by atoms with Gasteiger partial charge in [0.1, 0.15) is 24.0 Å². The number of amides is 1. The van der Waals surface area contributed by atoms with Crippen LogP contribution < -0.4 is 5.32 Å². The van der Waals surface area contributed by atoms with E-state index in [4.69, 9.17) is 4.18 Å². The van der Waals surface area contributed by atoms with Crippen molar-refractivity contribution in [2.24, 2.45) is 0 Å². The Kier molecular flexibility index (Phi) is 6.52. The lowest BCUT2D eigenvalue weighted by Gasteiger charge is -2.18. The number of hydrogen-bond acceptors (Lipinski definition) is 2. The second-order valence-corrected chi connectivity index (χ2v) is 12.4. The molecular formula is C24H31BrNO2S+. The number of anilines is 1. The summed E-state index contributed by atoms with van der Waals surface area (Å²) in [6, 6.07) is 12.1. The van der Waals surface area contributed by atoms with Crippen LogP contribution in [0.3, 0.4) is 0 Å². The standard InChI is InChI=1S/C24H30BrNO2S/c1-16-14-17(24(5)12-13-24)10-11-18(16)22(27)26-21-9-7-8-20(25)19(21)15-28-29(6)23(2,3)4/h7-11,14H,12-13,15H2,1-6H3/p+1. The van der Waals surface area contributed by atoms with E-state index in [0.29, 0.717) is 12.0 Å². The highest BCUT2D eigenvalue weighted by molar-refractivity contribution is 9.10. The number of hydrogen-bond donors (Lipinski definition) is 1. The third-order valence-electron chi connectivity index (χ3n) is 5.78. The Hall–Kier alpha value is -1.30. The van der Waals surface area contributed by atoms with Crippen molar-refractivity contribution in [2.75, 3.05) is 11.6 Å². The quantitative estimate of drug-likeness (QED) is 0.480. The number of halogens is 1. The molecule has 0 bridgehead atoms. The minimum atomic E-state index is -0.196. The Morgan fingerprint density at radius 2 is 1.93 bits per heavy atom. The summed E-state index contributed by atoms with van der Waals surface area (Å²) in [5.74, 6) is -0.0827. The normalized spacial score (nSPS) is 16.4. The lowest BCUT2D eigenvalue weighted by atomic mass is 9.94. The molecule has 2 aromatic rings. The van der Waals surface area contributed by atoms with E-state index in [-0.39, 0.29) is 21.8 Å². The van der Waals surface area contributed by atoms with E-state index < -0.39 is 0 Å². The number of carbonyl (C=O) groups is 1. The zero-order chi connectivity index (χ0) is 21.4. The fourth-order valence-corrected chi connectivity index (χ4v) is 4.24. The van der Waals surface area contributed by atoms with Gasteiger partial charge in [-0.25, -0.2) is 0 Å². The molecule has 0 heterocycles. The van der Waals surface area contributed by atoms with Crippen LogP contribution in [0.2, 0.25) is 0 Å². The Bertz CT molecular complexity index is 916.